The molecule has 2 aliphatic carbocycles. The summed E-state index contributed by atoms with van der Waals surface area (Å²) >= 11 is 3.69. The highest BCUT2D eigenvalue weighted by molar-refractivity contribution is 14.1. The van der Waals surface area contributed by atoms with E-state index in [9.17, 15) is 45.5 Å². The molecular weight excluding hydrogens is 1330 g/mol. The topological polar surface area (TPSA) is 214 Å². The van der Waals surface area contributed by atoms with Crippen LogP contribution in [-0.4, -0.2) is 65.9 Å². The summed E-state index contributed by atoms with van der Waals surface area (Å²) in [6.45, 7) is 0. The van der Waals surface area contributed by atoms with E-state index in [1.165, 1.54) is 7.05 Å². The van der Waals surface area contributed by atoms with E-state index in [1.54, 1.807) is 69.0 Å². The van der Waals surface area contributed by atoms with Crippen molar-refractivity contribution >= 4 is 80.9 Å². The van der Waals surface area contributed by atoms with Gasteiger partial charge in [-0.15, -0.1) is 0 Å². The fourth-order valence-corrected chi connectivity index (χ4v) is 9.92. The lowest BCUT2D eigenvalue weighted by molar-refractivity contribution is -0.133. The number of Topliss-reactive ketones (excluding diaryl/α,β-unsaturated/α-hetero) is 1. The molecule has 0 radical (unpaired) electrons. The Bertz CT molecular complexity index is 3670. The average molecular weight is 1390 g/mol. The van der Waals surface area contributed by atoms with Crippen LogP contribution in [0.4, 0.5) is 38.0 Å². The van der Waals surface area contributed by atoms with Gasteiger partial charge in [-0.3, -0.25) is 26.2 Å². The molecule has 3 unspecified atom stereocenters. The molecule has 2 saturated carbocycles. The van der Waals surface area contributed by atoms with Crippen molar-refractivity contribution in [1.29, 1.82) is 0 Å². The second kappa shape index (κ2) is 28.0. The molecule has 2 amide bonds. The zero-order valence-corrected chi connectivity index (χ0v) is 48.3. The molecule has 2 aromatic heterocycles. The number of ether oxygens (including phenoxy) is 5. The van der Waals surface area contributed by atoms with E-state index in [1.807, 2.05) is 82.1 Å². The lowest BCUT2D eigenvalue weighted by Crippen LogP contribution is -2.20. The number of fused-ring (bicyclic) bond motifs is 8. The van der Waals surface area contributed by atoms with Crippen LogP contribution in [0.3, 0.4) is 0 Å². The van der Waals surface area contributed by atoms with Crippen molar-refractivity contribution in [1.82, 2.24) is 17.0 Å². The molecule has 16 nitrogen and oxygen atoms in total. The van der Waals surface area contributed by atoms with Crippen molar-refractivity contribution < 1.29 is 72.0 Å². The number of esters is 1. The van der Waals surface area contributed by atoms with Gasteiger partial charge in [-0.2, -0.15) is 0 Å². The Labute approximate surface area is 509 Å². The maximum absolute atomic E-state index is 13.9. The molecule has 13 rings (SSSR count). The number of halogens is 8. The summed E-state index contributed by atoms with van der Waals surface area (Å²) in [6, 6.07) is 25.4. The third kappa shape index (κ3) is 14.9. The van der Waals surface area contributed by atoms with Crippen molar-refractivity contribution in [2.75, 3.05) is 24.7 Å². The van der Waals surface area contributed by atoms with Crippen molar-refractivity contribution in [3.63, 3.8) is 0 Å². The maximum Gasteiger partial charge on any atom is 0.315 e. The van der Waals surface area contributed by atoms with Crippen LogP contribution in [0.15, 0.2) is 116 Å². The minimum absolute atomic E-state index is 0. The Morgan fingerprint density at radius 1 is 0.631 bits per heavy atom. The van der Waals surface area contributed by atoms with Crippen LogP contribution in [-0.2, 0) is 44.9 Å². The Morgan fingerprint density at radius 2 is 1.10 bits per heavy atom. The molecule has 0 saturated heterocycles. The lowest BCUT2D eigenvalue weighted by Gasteiger charge is -2.19. The zero-order valence-electron chi connectivity index (χ0n) is 45.9. The number of hydrogen-bond acceptors (Lipinski definition) is 14. The van der Waals surface area contributed by atoms with Gasteiger partial charge < -0.3 is 40.1 Å². The molecule has 7 aromatic rings. The molecule has 0 spiro atoms. The predicted octanol–water partition coefficient (Wildman–Crippen LogP) is 11.8. The highest BCUT2D eigenvalue weighted by Crippen LogP contribution is 2.60. The van der Waals surface area contributed by atoms with Crippen LogP contribution in [0.25, 0.3) is 0 Å². The number of pyridine rings is 2. The van der Waals surface area contributed by atoms with Crippen LogP contribution >= 0.6 is 45.7 Å². The predicted molar refractivity (Wildman–Crippen MR) is 316 cm³/mol. The maximum atomic E-state index is 13.9. The van der Waals surface area contributed by atoms with Crippen molar-refractivity contribution in [3.05, 3.63) is 184 Å². The van der Waals surface area contributed by atoms with Crippen molar-refractivity contribution in [3.8, 4) is 40.2 Å². The van der Waals surface area contributed by atoms with Crippen molar-refractivity contribution in [2.24, 2.45) is 11.7 Å². The fourth-order valence-electron chi connectivity index (χ4n) is 9.92. The molecule has 6 heterocycles. The number of para-hydroxylation sites is 1. The summed E-state index contributed by atoms with van der Waals surface area (Å²) in [5, 5.41) is 5.53. The number of carbonyl (C=O) groups excluding carboxylic acids is 4. The smallest absolute Gasteiger partial charge is 0.315 e. The number of nitrogens with zero attached hydrogens (tertiary/aromatic N) is 2. The molecule has 6 atom stereocenters. The van der Waals surface area contributed by atoms with Crippen LogP contribution in [0.5, 0.6) is 40.2 Å². The van der Waals surface area contributed by atoms with Gasteiger partial charge in [0.2, 0.25) is 11.8 Å². The second-order valence-electron chi connectivity index (χ2n) is 19.4. The summed E-state index contributed by atoms with van der Waals surface area (Å²) in [5.41, 5.74) is 9.39. The number of nitrogens with one attached hydrogen (secondary N) is 4. The first kappa shape index (κ1) is 59.7. The number of hydrogen-bond donors (Lipinski definition) is 5. The number of nitrogens with two attached hydrogens (primary N) is 1. The fraction of sp³-hybridized carbons (Fsp3) is 0.267. The van der Waals surface area contributed by atoms with E-state index in [0.29, 0.717) is 78.7 Å². The van der Waals surface area contributed by atoms with E-state index in [2.05, 4.69) is 20.6 Å². The monoisotopic (exact) mass is 1390 g/mol. The Morgan fingerprint density at radius 3 is 1.61 bits per heavy atom. The van der Waals surface area contributed by atoms with E-state index in [4.69, 9.17) is 32.2 Å². The Hall–Kier alpha value is -7.40. The zero-order chi connectivity index (χ0) is 60.8. The largest absolute Gasteiger partial charge is 0.489 e. The highest BCUT2D eigenvalue weighted by Gasteiger charge is 2.59. The normalized spacial score (nSPS) is 19.3. The number of ketones is 1. The molecule has 6 aliphatic rings. The Kier molecular flexibility index (Phi) is 19.9. The molecule has 2 fully saturated rings. The van der Waals surface area contributed by atoms with Gasteiger partial charge in [0.25, 0.3) is 0 Å². The van der Waals surface area contributed by atoms with Gasteiger partial charge in [0.05, 0.1) is 12.5 Å². The van der Waals surface area contributed by atoms with Gasteiger partial charge in [-0.1, -0.05) is 25.6 Å². The minimum Gasteiger partial charge on any atom is -0.489 e. The van der Waals surface area contributed by atoms with Crippen LogP contribution in [0.1, 0.15) is 71.9 Å². The van der Waals surface area contributed by atoms with Gasteiger partial charge in [-0.05, 0) is 105 Å². The molecule has 0 bridgehead atoms. The molecule has 5 aromatic carbocycles. The van der Waals surface area contributed by atoms with Crippen LogP contribution in [0, 0.1) is 40.8 Å². The molecular formula is C60H55F6I2N7O9. The van der Waals surface area contributed by atoms with E-state index in [-0.39, 0.29) is 79.1 Å². The first-order valence-electron chi connectivity index (χ1n) is 26.6. The van der Waals surface area contributed by atoms with Gasteiger partial charge in [0.1, 0.15) is 84.3 Å². The minimum atomic E-state index is -1.29. The van der Waals surface area contributed by atoms with E-state index < -0.39 is 47.3 Å². The van der Waals surface area contributed by atoms with Gasteiger partial charge in [0, 0.05) is 142 Å². The molecule has 440 valence electrons. The number of rotatable bonds is 11. The standard InChI is InChI=1S/C26H19F3N2O4.C17H15N3O3.C14H9F3O2.2CH4IN.CH4/c27-18-11-20(29)19(28)8-12(18)7-13(32)9-17-24-16-10-14(1-3-21(16)35-25(17)24)34-22-5-6-30-26-15(22)2-4-23(33)31-26;18-15-14-10-7-8(1-3-11(10)23-16(14)15)22-12-5-6-19-17-9(12)2-4-13(21)20-17;15-11-8-13(17)12(16)6-9(11)7-14(18)19-10-4-2-1-3-5-10;2*1-3-2;/h1,3,5-6,8,10-11,17,24-25H,2,4,7,9H2,(H,30,31,33);1,3,5-7,14-16H,2,4,18H2,(H,19,20,21);1-6,8H,7H2;2*3H,1H3;1H4/t17?,24-,25?;14-,15-,16?;;;;/m00..../s1/i/hT2. The second-order valence-corrected chi connectivity index (χ2v) is 21.3. The summed E-state index contributed by atoms with van der Waals surface area (Å²) in [4.78, 5) is 55.6. The third-order valence-electron chi connectivity index (χ3n) is 13.9. The summed E-state index contributed by atoms with van der Waals surface area (Å²) < 4.78 is 123. The number of anilines is 2. The first-order valence-corrected chi connectivity index (χ1v) is 27.6. The van der Waals surface area contributed by atoms with Crippen LogP contribution < -0.4 is 47.1 Å². The number of benzene rings is 5. The first-order chi connectivity index (χ1) is 40.6. The molecule has 24 heteroatoms. The Balaban J connectivity index is 0.000000164. The highest BCUT2D eigenvalue weighted by atomic mass is 127. The van der Waals surface area contributed by atoms with Gasteiger partial charge in [-0.25, -0.2) is 36.3 Å². The van der Waals surface area contributed by atoms with Gasteiger partial charge >= 0.3 is 5.97 Å². The summed E-state index contributed by atoms with van der Waals surface area (Å²) in [7, 11) is 3.31. The van der Waals surface area contributed by atoms with Gasteiger partial charge in [0.15, 0.2) is 23.3 Å². The number of amides is 2. The number of carbonyl (C=O) groups is 4. The summed E-state index contributed by atoms with van der Waals surface area (Å²) in [6.07, 6.45) is 4.54. The molecule has 4 aliphatic heterocycles. The number of aromatic nitrogens is 2. The van der Waals surface area contributed by atoms with Crippen molar-refractivity contribution in [2.45, 2.75) is 82.5 Å². The third-order valence-corrected chi connectivity index (χ3v) is 13.9. The lowest BCUT2D eigenvalue weighted by atomic mass is 10.0. The quantitative estimate of drug-likeness (QED) is 0.0204. The van der Waals surface area contributed by atoms with E-state index >= 15 is 0 Å². The summed E-state index contributed by atoms with van der Waals surface area (Å²) in [5.74, 6) is -2.04. The average Bonchev–Trinajstić information content (AvgIpc) is 1.58. The molecule has 6 N–H and O–H groups in total. The SMILES string of the molecule is C.N[C@@H]1C2Oc3ccc(Oc4ccnc5c4CCC(=O)N5)cc3[C@H]21.O=C(Cc1cc(F)c(F)cc1F)CC1C2Oc3ccc(Oc4ccnc5c4CCC(=O)N5)cc3[C@@H]12.O=C(Cc1cc(F)c(F)cc1F)Oc1ccccc1.[3H]N(C)I.[3H]N(C)I. The molecule has 84 heavy (non-hydrogen) atoms. The van der Waals surface area contributed by atoms with Crippen LogP contribution in [0.2, 0.25) is 2.82 Å². The van der Waals surface area contributed by atoms with E-state index in [0.717, 1.165) is 51.3 Å².